The lowest BCUT2D eigenvalue weighted by atomic mass is 9.82. The van der Waals surface area contributed by atoms with Crippen molar-refractivity contribution in [2.24, 2.45) is 5.41 Å². The summed E-state index contributed by atoms with van der Waals surface area (Å²) in [7, 11) is 1.67. The van der Waals surface area contributed by atoms with Gasteiger partial charge in [-0.1, -0.05) is 6.92 Å². The van der Waals surface area contributed by atoms with E-state index in [1.807, 2.05) is 4.90 Å². The highest BCUT2D eigenvalue weighted by Gasteiger charge is 2.31. The van der Waals surface area contributed by atoms with Gasteiger partial charge in [0.05, 0.1) is 12.7 Å². The van der Waals surface area contributed by atoms with E-state index in [1.54, 1.807) is 7.11 Å². The van der Waals surface area contributed by atoms with Gasteiger partial charge in [0.2, 0.25) is 0 Å². The van der Waals surface area contributed by atoms with Crippen LogP contribution in [-0.4, -0.2) is 70.2 Å². The summed E-state index contributed by atoms with van der Waals surface area (Å²) in [5.41, 5.74) is 0.132. The molecule has 2 heterocycles. The molecule has 2 aliphatic heterocycles. The molecule has 1 N–H and O–H groups in total. The molecule has 2 saturated heterocycles. The van der Waals surface area contributed by atoms with Crippen molar-refractivity contribution in [2.45, 2.75) is 38.7 Å². The first-order valence-electron chi connectivity index (χ1n) is 8.34. The first-order chi connectivity index (χ1) is 10.6. The minimum Gasteiger partial charge on any atom is -0.383 e. The zero-order valence-corrected chi connectivity index (χ0v) is 13.9. The summed E-state index contributed by atoms with van der Waals surface area (Å²) >= 11 is 0. The monoisotopic (exact) mass is 314 g/mol. The highest BCUT2D eigenvalue weighted by atomic mass is 16.5. The summed E-state index contributed by atoms with van der Waals surface area (Å²) in [4.78, 5) is 14.4. The normalized spacial score (nSPS) is 24.2. The van der Waals surface area contributed by atoms with Gasteiger partial charge in [0.15, 0.2) is 0 Å². The molecule has 2 amide bonds. The Balaban J connectivity index is 1.84. The number of urea groups is 1. The van der Waals surface area contributed by atoms with Gasteiger partial charge in [-0.25, -0.2) is 4.79 Å². The second kappa shape index (κ2) is 8.70. The lowest BCUT2D eigenvalue weighted by Crippen LogP contribution is -2.49. The van der Waals surface area contributed by atoms with Gasteiger partial charge in [0.25, 0.3) is 0 Å². The van der Waals surface area contributed by atoms with Crippen LogP contribution in [0.3, 0.4) is 0 Å². The van der Waals surface area contributed by atoms with E-state index in [1.165, 1.54) is 0 Å². The number of methoxy groups -OCH3 is 1. The molecular weight excluding hydrogens is 284 g/mol. The van der Waals surface area contributed by atoms with Gasteiger partial charge in [-0.3, -0.25) is 0 Å². The molecule has 0 aliphatic carbocycles. The maximum absolute atomic E-state index is 12.5. The Morgan fingerprint density at radius 2 is 2.14 bits per heavy atom. The van der Waals surface area contributed by atoms with Crippen LogP contribution in [0.2, 0.25) is 0 Å². The Morgan fingerprint density at radius 3 is 2.77 bits per heavy atom. The van der Waals surface area contributed by atoms with Crippen molar-refractivity contribution in [3.05, 3.63) is 0 Å². The van der Waals surface area contributed by atoms with Crippen LogP contribution < -0.4 is 5.32 Å². The van der Waals surface area contributed by atoms with E-state index < -0.39 is 0 Å². The molecule has 0 aromatic rings. The van der Waals surface area contributed by atoms with Gasteiger partial charge >= 0.3 is 6.03 Å². The molecule has 2 fully saturated rings. The van der Waals surface area contributed by atoms with E-state index >= 15 is 0 Å². The van der Waals surface area contributed by atoms with Gasteiger partial charge in [0.1, 0.15) is 0 Å². The Morgan fingerprint density at radius 1 is 1.36 bits per heavy atom. The number of nitrogens with one attached hydrogen (secondary N) is 1. The van der Waals surface area contributed by atoms with Crippen LogP contribution in [0.15, 0.2) is 0 Å². The highest BCUT2D eigenvalue weighted by molar-refractivity contribution is 5.74. The van der Waals surface area contributed by atoms with Crippen molar-refractivity contribution < 1.29 is 19.0 Å². The zero-order chi connectivity index (χ0) is 15.8. The van der Waals surface area contributed by atoms with Gasteiger partial charge in [-0.15, -0.1) is 0 Å². The van der Waals surface area contributed by atoms with E-state index in [0.717, 1.165) is 52.0 Å². The van der Waals surface area contributed by atoms with Crippen LogP contribution in [0.25, 0.3) is 0 Å². The standard InChI is InChI=1S/C16H30N2O4/c1-16(5-9-21-10-6-16)13-18(7-11-20-2)15(19)17-12-14-4-3-8-22-14/h14H,3-13H2,1-2H3,(H,17,19). The molecule has 1 atom stereocenters. The molecule has 0 aromatic carbocycles. The van der Waals surface area contributed by atoms with Gasteiger partial charge in [0, 0.05) is 46.6 Å². The molecule has 22 heavy (non-hydrogen) atoms. The second-order valence-corrected chi connectivity index (χ2v) is 6.66. The molecule has 6 heteroatoms. The molecule has 0 spiro atoms. The summed E-state index contributed by atoms with van der Waals surface area (Å²) < 4.78 is 16.2. The SMILES string of the molecule is COCCN(CC1(C)CCOCC1)C(=O)NCC1CCCO1. The fourth-order valence-corrected chi connectivity index (χ4v) is 3.06. The number of hydrogen-bond donors (Lipinski definition) is 1. The summed E-state index contributed by atoms with van der Waals surface area (Å²) in [6.45, 7) is 7.14. The van der Waals surface area contributed by atoms with Crippen LogP contribution in [-0.2, 0) is 14.2 Å². The third kappa shape index (κ3) is 5.41. The highest BCUT2D eigenvalue weighted by Crippen LogP contribution is 2.30. The molecule has 0 bridgehead atoms. The van der Waals surface area contributed by atoms with E-state index in [2.05, 4.69) is 12.2 Å². The van der Waals surface area contributed by atoms with Crippen LogP contribution in [0.4, 0.5) is 4.79 Å². The van der Waals surface area contributed by atoms with E-state index in [4.69, 9.17) is 14.2 Å². The van der Waals surface area contributed by atoms with Crippen molar-refractivity contribution >= 4 is 6.03 Å². The fourth-order valence-electron chi connectivity index (χ4n) is 3.06. The summed E-state index contributed by atoms with van der Waals surface area (Å²) in [6.07, 6.45) is 4.29. The van der Waals surface area contributed by atoms with Crippen LogP contribution in [0.1, 0.15) is 32.6 Å². The topological polar surface area (TPSA) is 60.0 Å². The molecule has 0 radical (unpaired) electrons. The predicted molar refractivity (Wildman–Crippen MR) is 84.0 cm³/mol. The minimum atomic E-state index is -0.0136. The Labute approximate surface area is 133 Å². The molecular formula is C16H30N2O4. The number of ether oxygens (including phenoxy) is 3. The number of nitrogens with zero attached hydrogens (tertiary/aromatic N) is 1. The quantitative estimate of drug-likeness (QED) is 0.776. The molecule has 6 nitrogen and oxygen atoms in total. The minimum absolute atomic E-state index is 0.0136. The molecule has 0 saturated carbocycles. The Hall–Kier alpha value is -0.850. The number of amides is 2. The van der Waals surface area contributed by atoms with Gasteiger partial charge in [-0.2, -0.15) is 0 Å². The van der Waals surface area contributed by atoms with Crippen molar-refractivity contribution in [1.82, 2.24) is 10.2 Å². The summed E-state index contributed by atoms with van der Waals surface area (Å²) in [5, 5.41) is 3.02. The summed E-state index contributed by atoms with van der Waals surface area (Å²) in [6, 6.07) is -0.0136. The number of hydrogen-bond acceptors (Lipinski definition) is 4. The predicted octanol–water partition coefficient (Wildman–Crippen LogP) is 1.64. The average molecular weight is 314 g/mol. The Bertz CT molecular complexity index is 339. The van der Waals surface area contributed by atoms with Crippen molar-refractivity contribution in [3.8, 4) is 0 Å². The smallest absolute Gasteiger partial charge is 0.317 e. The zero-order valence-electron chi connectivity index (χ0n) is 13.9. The van der Waals surface area contributed by atoms with Crippen molar-refractivity contribution in [2.75, 3.05) is 53.2 Å². The Kier molecular flexibility index (Phi) is 6.92. The second-order valence-electron chi connectivity index (χ2n) is 6.66. The van der Waals surface area contributed by atoms with Gasteiger partial charge < -0.3 is 24.4 Å². The van der Waals surface area contributed by atoms with E-state index in [9.17, 15) is 4.79 Å². The number of rotatable bonds is 7. The summed E-state index contributed by atoms with van der Waals surface area (Å²) in [5.74, 6) is 0. The number of carbonyl (C=O) groups is 1. The lowest BCUT2D eigenvalue weighted by molar-refractivity contribution is 0.00780. The number of carbonyl (C=O) groups excluding carboxylic acids is 1. The van der Waals surface area contributed by atoms with E-state index in [0.29, 0.717) is 19.7 Å². The molecule has 2 rings (SSSR count). The fraction of sp³-hybridized carbons (Fsp3) is 0.938. The first kappa shape index (κ1) is 17.5. The van der Waals surface area contributed by atoms with Gasteiger partial charge in [-0.05, 0) is 31.1 Å². The molecule has 0 aromatic heterocycles. The third-order valence-electron chi connectivity index (χ3n) is 4.63. The van der Waals surface area contributed by atoms with Crippen LogP contribution >= 0.6 is 0 Å². The van der Waals surface area contributed by atoms with E-state index in [-0.39, 0.29) is 17.6 Å². The van der Waals surface area contributed by atoms with Crippen molar-refractivity contribution in [3.63, 3.8) is 0 Å². The molecule has 128 valence electrons. The van der Waals surface area contributed by atoms with Crippen LogP contribution in [0, 0.1) is 5.41 Å². The van der Waals surface area contributed by atoms with Crippen molar-refractivity contribution in [1.29, 1.82) is 0 Å². The maximum atomic E-state index is 12.5. The molecule has 2 aliphatic rings. The third-order valence-corrected chi connectivity index (χ3v) is 4.63. The first-order valence-corrected chi connectivity index (χ1v) is 8.34. The lowest BCUT2D eigenvalue weighted by Gasteiger charge is -2.38. The van der Waals surface area contributed by atoms with Crippen LogP contribution in [0.5, 0.6) is 0 Å². The maximum Gasteiger partial charge on any atom is 0.317 e. The molecule has 1 unspecified atom stereocenters. The largest absolute Gasteiger partial charge is 0.383 e. The average Bonchev–Trinajstić information content (AvgIpc) is 3.03.